The molecule has 3 heterocycles. The van der Waals surface area contributed by atoms with Crippen molar-refractivity contribution in [3.63, 3.8) is 0 Å². The molecule has 2 aliphatic rings. The van der Waals surface area contributed by atoms with Crippen LogP contribution in [-0.2, 0) is 0 Å². The van der Waals surface area contributed by atoms with Gasteiger partial charge in [0.2, 0.25) is 0 Å². The molecule has 0 unspecified atom stereocenters. The molecule has 7 nitrogen and oxygen atoms in total. The van der Waals surface area contributed by atoms with E-state index in [1.54, 1.807) is 24.3 Å². The Labute approximate surface area is 202 Å². The van der Waals surface area contributed by atoms with Crippen molar-refractivity contribution in [1.29, 1.82) is 0 Å². The van der Waals surface area contributed by atoms with E-state index in [0.717, 1.165) is 16.7 Å². The fourth-order valence-electron chi connectivity index (χ4n) is 4.77. The van der Waals surface area contributed by atoms with Crippen LogP contribution >= 0.6 is 23.2 Å². The average molecular weight is 486 g/mol. The monoisotopic (exact) mass is 485 g/mol. The summed E-state index contributed by atoms with van der Waals surface area (Å²) in [6.45, 7) is 5.69. The molecule has 0 spiro atoms. The molecule has 5 rings (SSSR count). The second-order valence-electron chi connectivity index (χ2n) is 8.63. The third-order valence-corrected chi connectivity index (χ3v) is 6.96. The third kappa shape index (κ3) is 4.51. The van der Waals surface area contributed by atoms with Crippen molar-refractivity contribution in [2.75, 3.05) is 44.2 Å². The molecule has 2 saturated heterocycles. The zero-order chi connectivity index (χ0) is 23.1. The first-order valence-electron chi connectivity index (χ1n) is 11.0. The van der Waals surface area contributed by atoms with Gasteiger partial charge in [0.25, 0.3) is 5.91 Å². The lowest BCUT2D eigenvalue weighted by molar-refractivity contribution is 0.0376. The topological polar surface area (TPSA) is 72.8 Å². The van der Waals surface area contributed by atoms with Gasteiger partial charge in [-0.2, -0.15) is 0 Å². The largest absolute Gasteiger partial charge is 0.390 e. The lowest BCUT2D eigenvalue weighted by Crippen LogP contribution is -2.54. The Balaban J connectivity index is 1.28. The number of rotatable bonds is 3. The van der Waals surface area contributed by atoms with Gasteiger partial charge in [0.05, 0.1) is 17.7 Å². The van der Waals surface area contributed by atoms with Crippen molar-refractivity contribution in [2.24, 2.45) is 0 Å². The molecule has 1 N–H and O–H groups in total. The van der Waals surface area contributed by atoms with E-state index in [4.69, 9.17) is 23.2 Å². The lowest BCUT2D eigenvalue weighted by atomic mass is 10.1. The molecular formula is C24H25Cl2N5O2. The van der Waals surface area contributed by atoms with Gasteiger partial charge in [-0.25, -0.2) is 9.97 Å². The summed E-state index contributed by atoms with van der Waals surface area (Å²) in [4.78, 5) is 28.3. The van der Waals surface area contributed by atoms with Crippen LogP contribution in [0.3, 0.4) is 0 Å². The smallest absolute Gasteiger partial charge is 0.253 e. The van der Waals surface area contributed by atoms with Crippen molar-refractivity contribution in [1.82, 2.24) is 19.8 Å². The highest BCUT2D eigenvalue weighted by atomic mass is 35.5. The number of aromatic nitrogens is 2. The van der Waals surface area contributed by atoms with Crippen molar-refractivity contribution in [2.45, 2.75) is 19.1 Å². The quantitative estimate of drug-likeness (QED) is 0.613. The minimum absolute atomic E-state index is 0.0136. The molecule has 172 valence electrons. The second kappa shape index (κ2) is 9.06. The standard InChI is InChI=1S/C24H25Cl2N5O2/c1-15-27-20-7-6-18(26)12-19(20)23(28-15)31-13-21(22(32)14-31)29-8-10-30(11-9-29)24(33)16-2-4-17(25)5-3-16/h2-7,12,21-22,32H,8-11,13-14H2,1H3/t21-,22-/m0/s1. The summed E-state index contributed by atoms with van der Waals surface area (Å²) in [5.74, 6) is 1.50. The van der Waals surface area contributed by atoms with Crippen LogP contribution in [0.4, 0.5) is 5.82 Å². The first-order valence-corrected chi connectivity index (χ1v) is 11.8. The molecule has 2 atom stereocenters. The van der Waals surface area contributed by atoms with Crippen molar-refractivity contribution in [3.05, 3.63) is 63.9 Å². The zero-order valence-corrected chi connectivity index (χ0v) is 19.8. The normalized spacial score (nSPS) is 21.7. The van der Waals surface area contributed by atoms with Crippen LogP contribution in [0.1, 0.15) is 16.2 Å². The number of hydrogen-bond donors (Lipinski definition) is 1. The fraction of sp³-hybridized carbons (Fsp3) is 0.375. The van der Waals surface area contributed by atoms with Crippen molar-refractivity contribution >= 4 is 45.8 Å². The predicted octanol–water partition coefficient (Wildman–Crippen LogP) is 3.25. The SMILES string of the molecule is Cc1nc(N2C[C@H](O)[C@@H](N3CCN(C(=O)c4ccc(Cl)cc4)CC3)C2)c2cc(Cl)ccc2n1. The number of anilines is 1. The predicted molar refractivity (Wildman–Crippen MR) is 130 cm³/mol. The highest BCUT2D eigenvalue weighted by molar-refractivity contribution is 6.31. The zero-order valence-electron chi connectivity index (χ0n) is 18.3. The van der Waals surface area contributed by atoms with Gasteiger partial charge in [-0.15, -0.1) is 0 Å². The number of β-amino-alcohol motifs (C(OH)–C–C–N with tert-alkyl or cyclic N) is 1. The minimum Gasteiger partial charge on any atom is -0.390 e. The number of nitrogens with zero attached hydrogens (tertiary/aromatic N) is 5. The lowest BCUT2D eigenvalue weighted by Gasteiger charge is -2.38. The fourth-order valence-corrected chi connectivity index (χ4v) is 5.07. The number of hydrogen-bond acceptors (Lipinski definition) is 6. The minimum atomic E-state index is -0.506. The molecule has 0 radical (unpaired) electrons. The van der Waals surface area contributed by atoms with Gasteiger partial charge >= 0.3 is 0 Å². The maximum Gasteiger partial charge on any atom is 0.253 e. The van der Waals surface area contributed by atoms with Gasteiger partial charge < -0.3 is 14.9 Å². The number of aliphatic hydroxyl groups excluding tert-OH is 1. The second-order valence-corrected chi connectivity index (χ2v) is 9.50. The Morgan fingerprint density at radius 2 is 1.67 bits per heavy atom. The molecule has 1 aromatic heterocycles. The molecule has 3 aromatic rings. The van der Waals surface area contributed by atoms with E-state index in [2.05, 4.69) is 19.8 Å². The number of fused-ring (bicyclic) bond motifs is 1. The number of carbonyl (C=O) groups is 1. The van der Waals surface area contributed by atoms with Crippen LogP contribution in [0.15, 0.2) is 42.5 Å². The van der Waals surface area contributed by atoms with E-state index < -0.39 is 6.10 Å². The number of aryl methyl sites for hydroxylation is 1. The van der Waals surface area contributed by atoms with E-state index in [1.807, 2.05) is 30.0 Å². The molecule has 2 fully saturated rings. The Bertz CT molecular complexity index is 1180. The van der Waals surface area contributed by atoms with Crippen LogP contribution in [0.2, 0.25) is 10.0 Å². The van der Waals surface area contributed by atoms with E-state index in [1.165, 1.54) is 0 Å². The van der Waals surface area contributed by atoms with Gasteiger partial charge in [-0.05, 0) is 49.4 Å². The van der Waals surface area contributed by atoms with Gasteiger partial charge in [0.1, 0.15) is 11.6 Å². The maximum absolute atomic E-state index is 12.8. The van der Waals surface area contributed by atoms with Crippen molar-refractivity contribution in [3.8, 4) is 0 Å². The third-order valence-electron chi connectivity index (χ3n) is 6.47. The van der Waals surface area contributed by atoms with Gasteiger partial charge in [-0.1, -0.05) is 23.2 Å². The molecule has 2 aromatic carbocycles. The van der Waals surface area contributed by atoms with E-state index in [0.29, 0.717) is 60.7 Å². The molecule has 9 heteroatoms. The summed E-state index contributed by atoms with van der Waals surface area (Å²) in [5.41, 5.74) is 1.48. The summed E-state index contributed by atoms with van der Waals surface area (Å²) in [6.07, 6.45) is -0.506. The molecule has 1 amide bonds. The first kappa shape index (κ1) is 22.3. The molecule has 33 heavy (non-hydrogen) atoms. The summed E-state index contributed by atoms with van der Waals surface area (Å²) in [7, 11) is 0. The Morgan fingerprint density at radius 3 is 2.39 bits per heavy atom. The number of benzene rings is 2. The van der Waals surface area contributed by atoms with Crippen LogP contribution in [-0.4, -0.2) is 82.2 Å². The Kier molecular flexibility index (Phi) is 6.14. The summed E-state index contributed by atoms with van der Waals surface area (Å²) < 4.78 is 0. The summed E-state index contributed by atoms with van der Waals surface area (Å²) in [6, 6.07) is 12.6. The van der Waals surface area contributed by atoms with Crippen molar-refractivity contribution < 1.29 is 9.90 Å². The number of halogens is 2. The average Bonchev–Trinajstić information content (AvgIpc) is 3.20. The number of carbonyl (C=O) groups excluding carboxylic acids is 1. The van der Waals surface area contributed by atoms with Gasteiger partial charge in [0, 0.05) is 60.3 Å². The molecular weight excluding hydrogens is 461 g/mol. The first-order chi connectivity index (χ1) is 15.9. The number of aliphatic hydroxyl groups is 1. The number of amides is 1. The highest BCUT2D eigenvalue weighted by Crippen LogP contribution is 2.30. The van der Waals surface area contributed by atoms with Gasteiger partial charge in [0.15, 0.2) is 0 Å². The van der Waals surface area contributed by atoms with Crippen LogP contribution in [0.5, 0.6) is 0 Å². The summed E-state index contributed by atoms with van der Waals surface area (Å²) in [5, 5.41) is 13.0. The van der Waals surface area contributed by atoms with Crippen LogP contribution < -0.4 is 4.90 Å². The Morgan fingerprint density at radius 1 is 0.970 bits per heavy atom. The molecule has 2 aliphatic heterocycles. The molecule has 0 bridgehead atoms. The Hall–Kier alpha value is -2.45. The van der Waals surface area contributed by atoms with E-state index in [9.17, 15) is 9.90 Å². The summed E-state index contributed by atoms with van der Waals surface area (Å²) >= 11 is 12.2. The van der Waals surface area contributed by atoms with E-state index in [-0.39, 0.29) is 11.9 Å². The highest BCUT2D eigenvalue weighted by Gasteiger charge is 2.38. The van der Waals surface area contributed by atoms with Crippen LogP contribution in [0, 0.1) is 6.92 Å². The molecule has 0 aliphatic carbocycles. The van der Waals surface area contributed by atoms with Gasteiger partial charge in [-0.3, -0.25) is 9.69 Å². The van der Waals surface area contributed by atoms with E-state index >= 15 is 0 Å². The number of piperazine rings is 1. The molecule has 0 saturated carbocycles. The maximum atomic E-state index is 12.8. The van der Waals surface area contributed by atoms with Crippen LogP contribution in [0.25, 0.3) is 10.9 Å².